The summed E-state index contributed by atoms with van der Waals surface area (Å²) < 4.78 is 0. The van der Waals surface area contributed by atoms with E-state index in [9.17, 15) is 9.59 Å². The van der Waals surface area contributed by atoms with Crippen molar-refractivity contribution in [2.45, 2.75) is 47.1 Å². The van der Waals surface area contributed by atoms with Crippen LogP contribution in [0.3, 0.4) is 0 Å². The molecule has 29 heavy (non-hydrogen) atoms. The third-order valence-electron chi connectivity index (χ3n) is 4.24. The maximum Gasteiger partial charge on any atom is 0.251 e. The molecule has 0 fully saturated rings. The summed E-state index contributed by atoms with van der Waals surface area (Å²) in [6.07, 6.45) is 1.34. The Balaban J connectivity index is 0.00000784. The monoisotopic (exact) mass is 517 g/mol. The molecule has 1 aromatic rings. The zero-order valence-electron chi connectivity index (χ0n) is 18.1. The molecule has 0 aliphatic rings. The van der Waals surface area contributed by atoms with Crippen LogP contribution in [0.2, 0.25) is 0 Å². The summed E-state index contributed by atoms with van der Waals surface area (Å²) in [6.45, 7) is 11.8. The van der Waals surface area contributed by atoms with Crippen molar-refractivity contribution in [2.75, 3.05) is 32.7 Å². The number of halogens is 1. The third kappa shape index (κ3) is 10.5. The van der Waals surface area contributed by atoms with Crippen molar-refractivity contribution in [3.63, 3.8) is 0 Å². The number of carbonyl (C=O) groups excluding carboxylic acids is 2. The average Bonchev–Trinajstić information content (AvgIpc) is 2.71. The zero-order valence-corrected chi connectivity index (χ0v) is 20.4. The summed E-state index contributed by atoms with van der Waals surface area (Å²) in [6, 6.07) is 7.49. The molecule has 0 radical (unpaired) electrons. The lowest BCUT2D eigenvalue weighted by Crippen LogP contribution is -2.40. The molecule has 0 aliphatic carbocycles. The Hall–Kier alpha value is -1.84. The van der Waals surface area contributed by atoms with Crippen LogP contribution in [0.5, 0.6) is 0 Å². The standard InChI is InChI=1S/C21H35N5O2.HI/c1-5-13-23-20(28)18-11-9-10-17(15-18)16-25-21(22-6-2)24-14-12-19(27)26(7-3)8-4;/h9-11,15H,5-8,12-14,16H2,1-4H3,(H,23,28)(H2,22,24,25);1H. The van der Waals surface area contributed by atoms with Gasteiger partial charge >= 0.3 is 0 Å². The summed E-state index contributed by atoms with van der Waals surface area (Å²) in [5.41, 5.74) is 1.60. The summed E-state index contributed by atoms with van der Waals surface area (Å²) in [5, 5.41) is 9.27. The van der Waals surface area contributed by atoms with Crippen LogP contribution in [0.4, 0.5) is 0 Å². The first-order valence-corrected chi connectivity index (χ1v) is 10.2. The minimum Gasteiger partial charge on any atom is -0.357 e. The molecule has 0 saturated carbocycles. The van der Waals surface area contributed by atoms with Gasteiger partial charge in [-0.3, -0.25) is 9.59 Å². The van der Waals surface area contributed by atoms with E-state index in [1.54, 1.807) is 6.07 Å². The fourth-order valence-electron chi connectivity index (χ4n) is 2.69. The van der Waals surface area contributed by atoms with Gasteiger partial charge in [0.1, 0.15) is 0 Å². The second-order valence-corrected chi connectivity index (χ2v) is 6.39. The van der Waals surface area contributed by atoms with Gasteiger partial charge in [-0.05, 0) is 44.9 Å². The molecular formula is C21H36IN5O2. The molecule has 2 amide bonds. The summed E-state index contributed by atoms with van der Waals surface area (Å²) in [7, 11) is 0. The molecule has 0 aliphatic heterocycles. The molecule has 0 unspecified atom stereocenters. The Morgan fingerprint density at radius 2 is 1.72 bits per heavy atom. The predicted molar refractivity (Wildman–Crippen MR) is 130 cm³/mol. The summed E-state index contributed by atoms with van der Waals surface area (Å²) in [5.74, 6) is 0.738. The van der Waals surface area contributed by atoms with E-state index in [2.05, 4.69) is 20.9 Å². The molecule has 0 spiro atoms. The van der Waals surface area contributed by atoms with Crippen LogP contribution < -0.4 is 16.0 Å². The highest BCUT2D eigenvalue weighted by Crippen LogP contribution is 2.07. The highest BCUT2D eigenvalue weighted by molar-refractivity contribution is 14.0. The molecule has 8 heteroatoms. The zero-order chi connectivity index (χ0) is 20.8. The van der Waals surface area contributed by atoms with Gasteiger partial charge in [-0.15, -0.1) is 24.0 Å². The van der Waals surface area contributed by atoms with Gasteiger partial charge in [0.15, 0.2) is 5.96 Å². The first-order chi connectivity index (χ1) is 13.5. The Morgan fingerprint density at radius 1 is 1.00 bits per heavy atom. The Labute approximate surface area is 192 Å². The highest BCUT2D eigenvalue weighted by atomic mass is 127. The lowest BCUT2D eigenvalue weighted by molar-refractivity contribution is -0.130. The van der Waals surface area contributed by atoms with Crippen LogP contribution in [0.25, 0.3) is 0 Å². The minimum atomic E-state index is -0.0624. The highest BCUT2D eigenvalue weighted by Gasteiger charge is 2.09. The fourth-order valence-corrected chi connectivity index (χ4v) is 2.69. The van der Waals surface area contributed by atoms with Gasteiger partial charge < -0.3 is 20.9 Å². The van der Waals surface area contributed by atoms with E-state index < -0.39 is 0 Å². The number of guanidine groups is 1. The lowest BCUT2D eigenvalue weighted by Gasteiger charge is -2.19. The molecule has 164 valence electrons. The molecule has 0 atom stereocenters. The number of aliphatic imine (C=N–C) groups is 1. The lowest BCUT2D eigenvalue weighted by atomic mass is 10.1. The smallest absolute Gasteiger partial charge is 0.251 e. The van der Waals surface area contributed by atoms with Crippen LogP contribution in [0, 0.1) is 0 Å². The van der Waals surface area contributed by atoms with Crippen LogP contribution in [-0.4, -0.2) is 55.4 Å². The maximum absolute atomic E-state index is 12.1. The number of hydrogen-bond acceptors (Lipinski definition) is 3. The topological polar surface area (TPSA) is 85.8 Å². The first-order valence-electron chi connectivity index (χ1n) is 10.2. The molecular weight excluding hydrogens is 481 g/mol. The van der Waals surface area contributed by atoms with Crippen LogP contribution in [0.15, 0.2) is 29.3 Å². The number of nitrogens with zero attached hydrogens (tertiary/aromatic N) is 2. The van der Waals surface area contributed by atoms with Gasteiger partial charge in [-0.1, -0.05) is 19.1 Å². The van der Waals surface area contributed by atoms with E-state index in [0.29, 0.717) is 37.6 Å². The van der Waals surface area contributed by atoms with E-state index in [1.807, 2.05) is 50.8 Å². The summed E-state index contributed by atoms with van der Waals surface area (Å²) >= 11 is 0. The average molecular weight is 517 g/mol. The van der Waals surface area contributed by atoms with Gasteiger partial charge in [0.05, 0.1) is 6.54 Å². The quantitative estimate of drug-likeness (QED) is 0.240. The number of carbonyl (C=O) groups is 2. The van der Waals surface area contributed by atoms with Crippen molar-refractivity contribution in [3.8, 4) is 0 Å². The first kappa shape index (κ1) is 27.2. The van der Waals surface area contributed by atoms with Crippen molar-refractivity contribution in [1.82, 2.24) is 20.9 Å². The van der Waals surface area contributed by atoms with E-state index in [4.69, 9.17) is 0 Å². The van der Waals surface area contributed by atoms with Crippen molar-refractivity contribution >= 4 is 41.8 Å². The summed E-state index contributed by atoms with van der Waals surface area (Å²) in [4.78, 5) is 30.6. The van der Waals surface area contributed by atoms with Crippen LogP contribution in [0.1, 0.15) is 56.5 Å². The number of amides is 2. The van der Waals surface area contributed by atoms with Crippen molar-refractivity contribution < 1.29 is 9.59 Å². The normalized spacial score (nSPS) is 10.7. The number of benzene rings is 1. The number of hydrogen-bond donors (Lipinski definition) is 3. The molecule has 0 saturated heterocycles. The van der Waals surface area contributed by atoms with E-state index in [0.717, 1.165) is 31.6 Å². The molecule has 3 N–H and O–H groups in total. The molecule has 7 nitrogen and oxygen atoms in total. The third-order valence-corrected chi connectivity index (χ3v) is 4.24. The van der Waals surface area contributed by atoms with Gasteiger partial charge in [-0.25, -0.2) is 4.99 Å². The molecule has 1 aromatic carbocycles. The van der Waals surface area contributed by atoms with Crippen LogP contribution >= 0.6 is 24.0 Å². The van der Waals surface area contributed by atoms with Crippen molar-refractivity contribution in [1.29, 1.82) is 0 Å². The van der Waals surface area contributed by atoms with E-state index in [1.165, 1.54) is 0 Å². The Morgan fingerprint density at radius 3 is 2.34 bits per heavy atom. The Bertz CT molecular complexity index is 648. The second-order valence-electron chi connectivity index (χ2n) is 6.39. The van der Waals surface area contributed by atoms with Gasteiger partial charge in [0.25, 0.3) is 5.91 Å². The van der Waals surface area contributed by atoms with E-state index >= 15 is 0 Å². The van der Waals surface area contributed by atoms with Gasteiger partial charge in [0.2, 0.25) is 5.91 Å². The molecule has 0 aromatic heterocycles. The van der Waals surface area contributed by atoms with Crippen molar-refractivity contribution in [2.24, 2.45) is 4.99 Å². The largest absolute Gasteiger partial charge is 0.357 e. The predicted octanol–water partition coefficient (Wildman–Crippen LogP) is 2.76. The number of nitrogens with one attached hydrogen (secondary N) is 3. The molecule has 0 heterocycles. The van der Waals surface area contributed by atoms with E-state index in [-0.39, 0.29) is 35.8 Å². The Kier molecular flexibility index (Phi) is 15.0. The molecule has 1 rings (SSSR count). The van der Waals surface area contributed by atoms with Gasteiger partial charge in [0, 0.05) is 44.7 Å². The number of rotatable bonds is 11. The maximum atomic E-state index is 12.1. The SMILES string of the molecule is CCCNC(=O)c1cccc(CN=C(NCC)NCCC(=O)N(CC)CC)c1.I. The fraction of sp³-hybridized carbons (Fsp3) is 0.571. The van der Waals surface area contributed by atoms with Gasteiger partial charge in [-0.2, -0.15) is 0 Å². The molecule has 0 bridgehead atoms. The second kappa shape index (κ2) is 16.0. The minimum absolute atomic E-state index is 0. The van der Waals surface area contributed by atoms with Crippen LogP contribution in [-0.2, 0) is 11.3 Å². The van der Waals surface area contributed by atoms with Crippen molar-refractivity contribution in [3.05, 3.63) is 35.4 Å².